The Labute approximate surface area is 104 Å². The third-order valence-corrected chi connectivity index (χ3v) is 3.22. The zero-order chi connectivity index (χ0) is 12.5. The highest BCUT2D eigenvalue weighted by Crippen LogP contribution is 2.38. The van der Waals surface area contributed by atoms with E-state index in [9.17, 15) is 4.39 Å². The van der Waals surface area contributed by atoms with E-state index >= 15 is 0 Å². The molecule has 18 heavy (non-hydrogen) atoms. The van der Waals surface area contributed by atoms with E-state index in [4.69, 9.17) is 10.5 Å². The maximum absolute atomic E-state index is 13.8. The van der Waals surface area contributed by atoms with Crippen LogP contribution in [0.3, 0.4) is 0 Å². The van der Waals surface area contributed by atoms with Crippen molar-refractivity contribution in [3.05, 3.63) is 53.6 Å². The largest absolute Gasteiger partial charge is 0.455 e. The van der Waals surface area contributed by atoms with Crippen LogP contribution in [0, 0.1) is 5.82 Å². The van der Waals surface area contributed by atoms with Crippen molar-refractivity contribution in [1.29, 1.82) is 0 Å². The van der Waals surface area contributed by atoms with Crippen molar-refractivity contribution in [2.45, 2.75) is 12.3 Å². The Morgan fingerprint density at radius 1 is 1.28 bits per heavy atom. The van der Waals surface area contributed by atoms with Crippen LogP contribution in [0.25, 0.3) is 0 Å². The van der Waals surface area contributed by atoms with E-state index in [1.165, 1.54) is 6.07 Å². The summed E-state index contributed by atoms with van der Waals surface area (Å²) < 4.78 is 19.6. The van der Waals surface area contributed by atoms with E-state index in [1.54, 1.807) is 24.4 Å². The predicted octanol–water partition coefficient (Wildman–Crippen LogP) is 2.61. The Morgan fingerprint density at radius 3 is 2.94 bits per heavy atom. The van der Waals surface area contributed by atoms with Crippen molar-refractivity contribution in [3.8, 4) is 11.5 Å². The van der Waals surface area contributed by atoms with Crippen LogP contribution in [0.15, 0.2) is 36.5 Å². The number of aromatic nitrogens is 1. The number of hydrogen-bond donors (Lipinski definition) is 1. The zero-order valence-electron chi connectivity index (χ0n) is 9.77. The van der Waals surface area contributed by atoms with E-state index in [0.29, 0.717) is 30.0 Å². The van der Waals surface area contributed by atoms with E-state index in [0.717, 1.165) is 5.69 Å². The summed E-state index contributed by atoms with van der Waals surface area (Å²) in [4.78, 5) is 4.32. The molecule has 2 heterocycles. The van der Waals surface area contributed by atoms with E-state index in [-0.39, 0.29) is 11.7 Å². The SMILES string of the molecule is NCC1Cc2c(F)cccc2Oc2cccnc21. The van der Waals surface area contributed by atoms with Gasteiger partial charge in [-0.3, -0.25) is 4.98 Å². The summed E-state index contributed by atoms with van der Waals surface area (Å²) in [5.41, 5.74) is 7.15. The number of benzene rings is 1. The number of nitrogens with two attached hydrogens (primary N) is 1. The number of hydrogen-bond acceptors (Lipinski definition) is 3. The van der Waals surface area contributed by atoms with Gasteiger partial charge in [0.25, 0.3) is 0 Å². The van der Waals surface area contributed by atoms with E-state index in [2.05, 4.69) is 4.98 Å². The molecule has 1 atom stereocenters. The topological polar surface area (TPSA) is 48.1 Å². The minimum atomic E-state index is -0.251. The molecule has 0 saturated heterocycles. The first-order valence-corrected chi connectivity index (χ1v) is 5.90. The standard InChI is InChI=1S/C14H13FN2O/c15-11-3-1-4-12-10(11)7-9(8-16)14-13(18-12)5-2-6-17-14/h1-6,9H,7-8,16H2. The summed E-state index contributed by atoms with van der Waals surface area (Å²) >= 11 is 0. The lowest BCUT2D eigenvalue weighted by molar-refractivity contribution is 0.469. The highest BCUT2D eigenvalue weighted by Gasteiger charge is 2.25. The Kier molecular flexibility index (Phi) is 2.72. The van der Waals surface area contributed by atoms with Gasteiger partial charge in [-0.25, -0.2) is 4.39 Å². The van der Waals surface area contributed by atoms with Crippen molar-refractivity contribution in [1.82, 2.24) is 4.98 Å². The second kappa shape index (κ2) is 4.38. The highest BCUT2D eigenvalue weighted by atomic mass is 19.1. The van der Waals surface area contributed by atoms with Gasteiger partial charge >= 0.3 is 0 Å². The molecule has 1 aromatic carbocycles. The molecule has 0 saturated carbocycles. The lowest BCUT2D eigenvalue weighted by Gasteiger charge is -2.12. The first-order valence-electron chi connectivity index (χ1n) is 5.90. The number of pyridine rings is 1. The van der Waals surface area contributed by atoms with Gasteiger partial charge in [0.15, 0.2) is 0 Å². The van der Waals surface area contributed by atoms with Gasteiger partial charge in [0.2, 0.25) is 0 Å². The molecule has 92 valence electrons. The van der Waals surface area contributed by atoms with Crippen molar-refractivity contribution < 1.29 is 9.13 Å². The van der Waals surface area contributed by atoms with Crippen molar-refractivity contribution >= 4 is 0 Å². The zero-order valence-corrected chi connectivity index (χ0v) is 9.77. The van der Waals surface area contributed by atoms with Crippen LogP contribution in [-0.2, 0) is 6.42 Å². The molecule has 0 aliphatic carbocycles. The van der Waals surface area contributed by atoms with Crippen molar-refractivity contribution in [3.63, 3.8) is 0 Å². The molecule has 0 spiro atoms. The van der Waals surface area contributed by atoms with E-state index in [1.807, 2.05) is 6.07 Å². The number of halogens is 1. The maximum atomic E-state index is 13.8. The monoisotopic (exact) mass is 244 g/mol. The van der Waals surface area contributed by atoms with Gasteiger partial charge in [-0.1, -0.05) is 6.07 Å². The number of nitrogens with zero attached hydrogens (tertiary/aromatic N) is 1. The Bertz CT molecular complexity index is 586. The van der Waals surface area contributed by atoms with Gasteiger partial charge in [0, 0.05) is 24.2 Å². The second-order valence-corrected chi connectivity index (χ2v) is 4.34. The summed E-state index contributed by atoms with van der Waals surface area (Å²) in [6.07, 6.45) is 2.22. The lowest BCUT2D eigenvalue weighted by Crippen LogP contribution is -2.16. The highest BCUT2D eigenvalue weighted by molar-refractivity contribution is 5.45. The third kappa shape index (κ3) is 1.75. The molecule has 4 heteroatoms. The Balaban J connectivity index is 2.16. The molecule has 1 aromatic heterocycles. The van der Waals surface area contributed by atoms with Gasteiger partial charge in [-0.2, -0.15) is 0 Å². The Morgan fingerprint density at radius 2 is 2.11 bits per heavy atom. The number of ether oxygens (including phenoxy) is 1. The summed E-state index contributed by atoms with van der Waals surface area (Å²) in [7, 11) is 0. The smallest absolute Gasteiger partial charge is 0.149 e. The minimum Gasteiger partial charge on any atom is -0.455 e. The maximum Gasteiger partial charge on any atom is 0.149 e. The average molecular weight is 244 g/mol. The molecule has 0 radical (unpaired) electrons. The van der Waals surface area contributed by atoms with E-state index < -0.39 is 0 Å². The molecule has 1 unspecified atom stereocenters. The second-order valence-electron chi connectivity index (χ2n) is 4.34. The van der Waals surface area contributed by atoms with Crippen LogP contribution in [-0.4, -0.2) is 11.5 Å². The van der Waals surface area contributed by atoms with Crippen LogP contribution in [0.5, 0.6) is 11.5 Å². The molecule has 0 bridgehead atoms. The van der Waals surface area contributed by atoms with Crippen LogP contribution >= 0.6 is 0 Å². The number of fused-ring (bicyclic) bond motifs is 2. The molecular formula is C14H13FN2O. The third-order valence-electron chi connectivity index (χ3n) is 3.22. The predicted molar refractivity (Wildman–Crippen MR) is 66.2 cm³/mol. The summed E-state index contributed by atoms with van der Waals surface area (Å²) in [6.45, 7) is 0.418. The number of rotatable bonds is 1. The first-order chi connectivity index (χ1) is 8.79. The molecule has 2 N–H and O–H groups in total. The molecule has 0 amide bonds. The lowest BCUT2D eigenvalue weighted by atomic mass is 9.95. The summed E-state index contributed by atoms with van der Waals surface area (Å²) in [6, 6.07) is 8.50. The van der Waals surface area contributed by atoms with Crippen molar-refractivity contribution in [2.24, 2.45) is 5.73 Å². The van der Waals surface area contributed by atoms with Gasteiger partial charge in [-0.05, 0) is 30.7 Å². The van der Waals surface area contributed by atoms with Crippen LogP contribution < -0.4 is 10.5 Å². The molecular weight excluding hydrogens is 231 g/mol. The average Bonchev–Trinajstić information content (AvgIpc) is 2.55. The fourth-order valence-electron chi connectivity index (χ4n) is 2.28. The normalized spacial score (nSPS) is 17.3. The molecule has 0 fully saturated rings. The minimum absolute atomic E-state index is 0.0145. The molecule has 2 aromatic rings. The fraction of sp³-hybridized carbons (Fsp3) is 0.214. The molecule has 1 aliphatic rings. The van der Waals surface area contributed by atoms with Crippen molar-refractivity contribution in [2.75, 3.05) is 6.54 Å². The van der Waals surface area contributed by atoms with Crippen LogP contribution in [0.4, 0.5) is 4.39 Å². The quantitative estimate of drug-likeness (QED) is 0.838. The molecule has 3 rings (SSSR count). The fourth-order valence-corrected chi connectivity index (χ4v) is 2.28. The van der Waals surface area contributed by atoms with Gasteiger partial charge in [0.05, 0.1) is 5.69 Å². The van der Waals surface area contributed by atoms with Gasteiger partial charge in [0.1, 0.15) is 17.3 Å². The summed E-state index contributed by atoms with van der Waals surface area (Å²) in [5.74, 6) is 0.954. The van der Waals surface area contributed by atoms with Crippen LogP contribution in [0.2, 0.25) is 0 Å². The van der Waals surface area contributed by atoms with Gasteiger partial charge in [-0.15, -0.1) is 0 Å². The first kappa shape index (κ1) is 11.2. The van der Waals surface area contributed by atoms with Gasteiger partial charge < -0.3 is 10.5 Å². The van der Waals surface area contributed by atoms with Crippen LogP contribution in [0.1, 0.15) is 17.2 Å². The molecule has 3 nitrogen and oxygen atoms in total. The molecule has 1 aliphatic heterocycles. The summed E-state index contributed by atoms with van der Waals surface area (Å²) in [5, 5.41) is 0. The Hall–Kier alpha value is -1.94.